The molecule has 0 radical (unpaired) electrons. The summed E-state index contributed by atoms with van der Waals surface area (Å²) in [4.78, 5) is 14.3. The lowest BCUT2D eigenvalue weighted by Crippen LogP contribution is -2.35. The van der Waals surface area contributed by atoms with E-state index in [4.69, 9.17) is 5.73 Å². The van der Waals surface area contributed by atoms with Crippen molar-refractivity contribution in [3.63, 3.8) is 0 Å². The highest BCUT2D eigenvalue weighted by Crippen LogP contribution is 2.33. The third kappa shape index (κ3) is 3.46. The number of hydrogen-bond donors (Lipinski definition) is 1. The molecule has 1 aromatic rings. The third-order valence-electron chi connectivity index (χ3n) is 4.42. The summed E-state index contributed by atoms with van der Waals surface area (Å²) in [6.07, 6.45) is 3.39. The van der Waals surface area contributed by atoms with Gasteiger partial charge < -0.3 is 10.6 Å². The standard InChI is InChI=1S/C18H28N2O/c1-5-6-18(21)20-13(4)9-15-10-14(7-8-17(15)20)11-16(19)12(2)3/h7-8,10,12-13,16H,5-6,9,11,19H2,1-4H3. The molecule has 0 fully saturated rings. The van der Waals surface area contributed by atoms with Gasteiger partial charge in [-0.05, 0) is 49.3 Å². The van der Waals surface area contributed by atoms with Gasteiger partial charge in [0.2, 0.25) is 5.91 Å². The van der Waals surface area contributed by atoms with Crippen molar-refractivity contribution in [1.82, 2.24) is 0 Å². The van der Waals surface area contributed by atoms with E-state index in [9.17, 15) is 4.79 Å². The maximum atomic E-state index is 12.3. The molecule has 3 nitrogen and oxygen atoms in total. The van der Waals surface area contributed by atoms with E-state index in [0.717, 1.165) is 24.9 Å². The molecule has 1 aliphatic heterocycles. The topological polar surface area (TPSA) is 46.3 Å². The summed E-state index contributed by atoms with van der Waals surface area (Å²) in [5, 5.41) is 0. The van der Waals surface area contributed by atoms with Crippen LogP contribution in [-0.4, -0.2) is 18.0 Å². The molecule has 3 heteroatoms. The van der Waals surface area contributed by atoms with Crippen LogP contribution in [-0.2, 0) is 17.6 Å². The molecule has 21 heavy (non-hydrogen) atoms. The summed E-state index contributed by atoms with van der Waals surface area (Å²) in [5.41, 5.74) is 9.85. The molecular formula is C18H28N2O. The molecule has 2 rings (SSSR count). The van der Waals surface area contributed by atoms with Crippen LogP contribution in [0, 0.1) is 5.92 Å². The first-order valence-electron chi connectivity index (χ1n) is 8.13. The van der Waals surface area contributed by atoms with Crippen LogP contribution >= 0.6 is 0 Å². The number of fused-ring (bicyclic) bond motifs is 1. The van der Waals surface area contributed by atoms with E-state index >= 15 is 0 Å². The predicted octanol–water partition coefficient (Wildman–Crippen LogP) is 3.29. The number of nitrogens with zero attached hydrogens (tertiary/aromatic N) is 1. The van der Waals surface area contributed by atoms with E-state index in [1.165, 1.54) is 11.1 Å². The Morgan fingerprint density at radius 1 is 1.43 bits per heavy atom. The highest BCUT2D eigenvalue weighted by atomic mass is 16.2. The molecule has 0 bridgehead atoms. The minimum atomic E-state index is 0.194. The van der Waals surface area contributed by atoms with Crippen molar-refractivity contribution >= 4 is 11.6 Å². The Kier molecular flexibility index (Phi) is 5.04. The normalized spacial score (nSPS) is 19.0. The van der Waals surface area contributed by atoms with Gasteiger partial charge in [0.05, 0.1) is 0 Å². The number of hydrogen-bond acceptors (Lipinski definition) is 2. The van der Waals surface area contributed by atoms with E-state index in [0.29, 0.717) is 12.3 Å². The number of carbonyl (C=O) groups excluding carboxylic acids is 1. The lowest BCUT2D eigenvalue weighted by molar-refractivity contribution is -0.118. The van der Waals surface area contributed by atoms with Crippen molar-refractivity contribution in [3.8, 4) is 0 Å². The van der Waals surface area contributed by atoms with Crippen molar-refractivity contribution in [3.05, 3.63) is 29.3 Å². The van der Waals surface area contributed by atoms with Gasteiger partial charge >= 0.3 is 0 Å². The van der Waals surface area contributed by atoms with Crippen LogP contribution in [0.2, 0.25) is 0 Å². The monoisotopic (exact) mass is 288 g/mol. The van der Waals surface area contributed by atoms with E-state index in [2.05, 4.69) is 45.9 Å². The van der Waals surface area contributed by atoms with Gasteiger partial charge in [0.25, 0.3) is 0 Å². The van der Waals surface area contributed by atoms with Crippen molar-refractivity contribution < 1.29 is 4.79 Å². The average Bonchev–Trinajstić information content (AvgIpc) is 2.73. The van der Waals surface area contributed by atoms with Crippen LogP contribution in [0.5, 0.6) is 0 Å². The largest absolute Gasteiger partial charge is 0.327 e. The SMILES string of the molecule is CCCC(=O)N1c2ccc(CC(N)C(C)C)cc2CC1C. The fourth-order valence-electron chi connectivity index (χ4n) is 3.03. The van der Waals surface area contributed by atoms with Gasteiger partial charge in [-0.3, -0.25) is 4.79 Å². The maximum Gasteiger partial charge on any atom is 0.227 e. The number of benzene rings is 1. The Bertz CT molecular complexity index is 510. The van der Waals surface area contributed by atoms with Crippen molar-refractivity contribution in [2.75, 3.05) is 4.90 Å². The zero-order valence-corrected chi connectivity index (χ0v) is 13.7. The third-order valence-corrected chi connectivity index (χ3v) is 4.42. The lowest BCUT2D eigenvalue weighted by Gasteiger charge is -2.22. The first-order chi connectivity index (χ1) is 9.93. The number of anilines is 1. The van der Waals surface area contributed by atoms with Crippen LogP contribution in [0.1, 0.15) is 51.7 Å². The number of carbonyl (C=O) groups is 1. The van der Waals surface area contributed by atoms with Gasteiger partial charge in [0.15, 0.2) is 0 Å². The number of amides is 1. The Balaban J connectivity index is 2.19. The fraction of sp³-hybridized carbons (Fsp3) is 0.611. The molecule has 1 aliphatic rings. The maximum absolute atomic E-state index is 12.3. The second-order valence-corrected chi connectivity index (χ2v) is 6.64. The average molecular weight is 288 g/mol. The second kappa shape index (κ2) is 6.61. The molecule has 0 aliphatic carbocycles. The van der Waals surface area contributed by atoms with Gasteiger partial charge in [-0.25, -0.2) is 0 Å². The molecule has 1 heterocycles. The van der Waals surface area contributed by atoms with Crippen LogP contribution in [0.25, 0.3) is 0 Å². The molecule has 1 aromatic carbocycles. The van der Waals surface area contributed by atoms with E-state index in [-0.39, 0.29) is 18.0 Å². The summed E-state index contributed by atoms with van der Waals surface area (Å²) in [5.74, 6) is 0.732. The smallest absolute Gasteiger partial charge is 0.227 e. The molecule has 2 atom stereocenters. The highest BCUT2D eigenvalue weighted by molar-refractivity contribution is 5.96. The molecule has 2 N–H and O–H groups in total. The molecule has 2 unspecified atom stereocenters. The van der Waals surface area contributed by atoms with Gasteiger partial charge in [-0.15, -0.1) is 0 Å². The van der Waals surface area contributed by atoms with E-state index in [1.54, 1.807) is 0 Å². The van der Waals surface area contributed by atoms with Crippen LogP contribution < -0.4 is 10.6 Å². The first-order valence-corrected chi connectivity index (χ1v) is 8.13. The Morgan fingerprint density at radius 3 is 2.76 bits per heavy atom. The van der Waals surface area contributed by atoms with Gasteiger partial charge in [-0.2, -0.15) is 0 Å². The minimum Gasteiger partial charge on any atom is -0.327 e. The molecule has 0 saturated carbocycles. The summed E-state index contributed by atoms with van der Waals surface area (Å²) < 4.78 is 0. The zero-order valence-electron chi connectivity index (χ0n) is 13.7. The molecule has 0 saturated heterocycles. The predicted molar refractivity (Wildman–Crippen MR) is 88.5 cm³/mol. The van der Waals surface area contributed by atoms with Crippen molar-refractivity contribution in [2.24, 2.45) is 11.7 Å². The molecule has 1 amide bonds. The van der Waals surface area contributed by atoms with Crippen molar-refractivity contribution in [1.29, 1.82) is 0 Å². The molecule has 0 aromatic heterocycles. The van der Waals surface area contributed by atoms with E-state index in [1.807, 2.05) is 4.90 Å². The number of rotatable bonds is 5. The Morgan fingerprint density at radius 2 is 2.14 bits per heavy atom. The second-order valence-electron chi connectivity index (χ2n) is 6.64. The van der Waals surface area contributed by atoms with Gasteiger partial charge in [0, 0.05) is 24.2 Å². The quantitative estimate of drug-likeness (QED) is 0.903. The van der Waals surface area contributed by atoms with Gasteiger partial charge in [0.1, 0.15) is 0 Å². The molecular weight excluding hydrogens is 260 g/mol. The zero-order chi connectivity index (χ0) is 15.6. The summed E-state index contributed by atoms with van der Waals surface area (Å²) in [6.45, 7) is 8.50. The van der Waals surface area contributed by atoms with E-state index < -0.39 is 0 Å². The van der Waals surface area contributed by atoms with Crippen LogP contribution in [0.3, 0.4) is 0 Å². The summed E-state index contributed by atoms with van der Waals surface area (Å²) >= 11 is 0. The molecule has 0 spiro atoms. The fourth-order valence-corrected chi connectivity index (χ4v) is 3.03. The first kappa shape index (κ1) is 16.0. The summed E-state index contributed by atoms with van der Waals surface area (Å²) in [7, 11) is 0. The molecule has 116 valence electrons. The van der Waals surface area contributed by atoms with Crippen LogP contribution in [0.15, 0.2) is 18.2 Å². The Hall–Kier alpha value is -1.35. The van der Waals surface area contributed by atoms with Crippen molar-refractivity contribution in [2.45, 2.75) is 65.5 Å². The Labute approximate surface area is 128 Å². The van der Waals surface area contributed by atoms with Crippen LogP contribution in [0.4, 0.5) is 5.69 Å². The minimum absolute atomic E-state index is 0.194. The summed E-state index contributed by atoms with van der Waals surface area (Å²) in [6, 6.07) is 6.95. The van der Waals surface area contributed by atoms with Gasteiger partial charge in [-0.1, -0.05) is 32.9 Å². The lowest BCUT2D eigenvalue weighted by atomic mass is 9.96. The number of nitrogens with two attached hydrogens (primary N) is 1. The highest BCUT2D eigenvalue weighted by Gasteiger charge is 2.30.